The van der Waals surface area contributed by atoms with Crippen LogP contribution in [-0.4, -0.2) is 8.42 Å². The van der Waals surface area contributed by atoms with E-state index in [1.807, 2.05) is 19.1 Å². The van der Waals surface area contributed by atoms with E-state index in [4.69, 9.17) is 0 Å². The molecular formula is C13H12INO2S. The third-order valence-electron chi connectivity index (χ3n) is 2.39. The van der Waals surface area contributed by atoms with E-state index in [2.05, 4.69) is 27.3 Å². The number of sulfonamides is 1. The Morgan fingerprint density at radius 2 is 1.72 bits per heavy atom. The van der Waals surface area contributed by atoms with Crippen molar-refractivity contribution >= 4 is 38.3 Å². The van der Waals surface area contributed by atoms with Crippen LogP contribution in [0.5, 0.6) is 0 Å². The standard InChI is InChI=1S/C13H12INO2S/c1-10-3-2-4-12(9-10)15-18(16,17)13-7-5-11(14)6-8-13/h2-9,15H,1H3. The summed E-state index contributed by atoms with van der Waals surface area (Å²) in [6, 6.07) is 14.0. The monoisotopic (exact) mass is 373 g/mol. The van der Waals surface area contributed by atoms with Crippen LogP contribution < -0.4 is 4.72 Å². The summed E-state index contributed by atoms with van der Waals surface area (Å²) in [5, 5.41) is 0. The minimum absolute atomic E-state index is 0.268. The molecule has 0 fully saturated rings. The zero-order chi connectivity index (χ0) is 13.2. The third kappa shape index (κ3) is 3.23. The van der Waals surface area contributed by atoms with E-state index in [0.29, 0.717) is 5.69 Å². The van der Waals surface area contributed by atoms with E-state index in [1.54, 1.807) is 36.4 Å². The van der Waals surface area contributed by atoms with Crippen LogP contribution in [0.4, 0.5) is 5.69 Å². The van der Waals surface area contributed by atoms with E-state index < -0.39 is 10.0 Å². The normalized spacial score (nSPS) is 11.2. The van der Waals surface area contributed by atoms with E-state index in [1.165, 1.54) is 0 Å². The lowest BCUT2D eigenvalue weighted by Crippen LogP contribution is -2.12. The van der Waals surface area contributed by atoms with Crippen LogP contribution in [0.2, 0.25) is 0 Å². The average molecular weight is 373 g/mol. The number of benzene rings is 2. The zero-order valence-electron chi connectivity index (χ0n) is 9.72. The number of anilines is 1. The van der Waals surface area contributed by atoms with Gasteiger partial charge in [0.05, 0.1) is 4.90 Å². The highest BCUT2D eigenvalue weighted by atomic mass is 127. The van der Waals surface area contributed by atoms with Crippen molar-refractivity contribution in [3.8, 4) is 0 Å². The Bertz CT molecular complexity index is 651. The second kappa shape index (κ2) is 5.27. The van der Waals surface area contributed by atoms with Crippen LogP contribution in [0.25, 0.3) is 0 Å². The smallest absolute Gasteiger partial charge is 0.261 e. The molecule has 2 aromatic rings. The van der Waals surface area contributed by atoms with Crippen LogP contribution in [0, 0.1) is 10.5 Å². The number of rotatable bonds is 3. The number of aryl methyl sites for hydroxylation is 1. The van der Waals surface area contributed by atoms with Gasteiger partial charge in [0.2, 0.25) is 0 Å². The molecule has 0 bridgehead atoms. The molecule has 0 aliphatic carbocycles. The lowest BCUT2D eigenvalue weighted by molar-refractivity contribution is 0.601. The first kappa shape index (κ1) is 13.4. The fourth-order valence-electron chi connectivity index (χ4n) is 1.54. The molecular weight excluding hydrogens is 361 g/mol. The molecule has 0 amide bonds. The van der Waals surface area contributed by atoms with Gasteiger partial charge in [-0.1, -0.05) is 12.1 Å². The number of hydrogen-bond acceptors (Lipinski definition) is 2. The topological polar surface area (TPSA) is 46.2 Å². The second-order valence-corrected chi connectivity index (χ2v) is 6.86. The molecule has 2 rings (SSSR count). The maximum atomic E-state index is 12.1. The molecule has 5 heteroatoms. The highest BCUT2D eigenvalue weighted by Gasteiger charge is 2.13. The first-order valence-electron chi connectivity index (χ1n) is 5.32. The Labute approximate surface area is 120 Å². The number of halogens is 1. The Hall–Kier alpha value is -1.08. The lowest BCUT2D eigenvalue weighted by atomic mass is 10.2. The summed E-state index contributed by atoms with van der Waals surface area (Å²) in [6.45, 7) is 1.92. The molecule has 0 radical (unpaired) electrons. The molecule has 1 N–H and O–H groups in total. The van der Waals surface area contributed by atoms with Crippen molar-refractivity contribution in [3.05, 3.63) is 57.7 Å². The quantitative estimate of drug-likeness (QED) is 0.839. The highest BCUT2D eigenvalue weighted by molar-refractivity contribution is 14.1. The molecule has 0 aliphatic rings. The molecule has 94 valence electrons. The van der Waals surface area contributed by atoms with E-state index in [-0.39, 0.29) is 4.90 Å². The molecule has 0 aliphatic heterocycles. The predicted molar refractivity (Wildman–Crippen MR) is 81.1 cm³/mol. The fourth-order valence-corrected chi connectivity index (χ4v) is 2.95. The Kier molecular flexibility index (Phi) is 3.91. The molecule has 0 unspecified atom stereocenters. The molecule has 0 heterocycles. The Balaban J connectivity index is 2.30. The first-order valence-corrected chi connectivity index (χ1v) is 7.89. The molecule has 3 nitrogen and oxygen atoms in total. The van der Waals surface area contributed by atoms with Gasteiger partial charge in [-0.25, -0.2) is 8.42 Å². The molecule has 2 aromatic carbocycles. The Morgan fingerprint density at radius 1 is 1.06 bits per heavy atom. The summed E-state index contributed by atoms with van der Waals surface area (Å²) in [6.07, 6.45) is 0. The van der Waals surface area contributed by atoms with Gasteiger partial charge in [-0.15, -0.1) is 0 Å². The maximum absolute atomic E-state index is 12.1. The van der Waals surface area contributed by atoms with Gasteiger partial charge in [-0.2, -0.15) is 0 Å². The van der Waals surface area contributed by atoms with Gasteiger partial charge in [0, 0.05) is 9.26 Å². The van der Waals surface area contributed by atoms with Gasteiger partial charge in [-0.3, -0.25) is 4.72 Å². The Morgan fingerprint density at radius 3 is 2.33 bits per heavy atom. The van der Waals surface area contributed by atoms with E-state index in [0.717, 1.165) is 9.13 Å². The number of nitrogens with one attached hydrogen (secondary N) is 1. The van der Waals surface area contributed by atoms with Gasteiger partial charge in [0.1, 0.15) is 0 Å². The van der Waals surface area contributed by atoms with Gasteiger partial charge < -0.3 is 0 Å². The zero-order valence-corrected chi connectivity index (χ0v) is 12.7. The van der Waals surface area contributed by atoms with E-state index in [9.17, 15) is 8.42 Å². The summed E-state index contributed by atoms with van der Waals surface area (Å²) in [7, 11) is -3.50. The van der Waals surface area contributed by atoms with Crippen LogP contribution >= 0.6 is 22.6 Å². The molecule has 0 saturated carbocycles. The van der Waals surface area contributed by atoms with Crippen molar-refractivity contribution in [3.63, 3.8) is 0 Å². The largest absolute Gasteiger partial charge is 0.280 e. The molecule has 0 spiro atoms. The average Bonchev–Trinajstić information content (AvgIpc) is 2.29. The van der Waals surface area contributed by atoms with Crippen molar-refractivity contribution < 1.29 is 8.42 Å². The van der Waals surface area contributed by atoms with Crippen molar-refractivity contribution in [2.45, 2.75) is 11.8 Å². The van der Waals surface area contributed by atoms with Crippen LogP contribution in [-0.2, 0) is 10.0 Å². The summed E-state index contributed by atoms with van der Waals surface area (Å²) in [4.78, 5) is 0.268. The predicted octanol–water partition coefficient (Wildman–Crippen LogP) is 3.40. The van der Waals surface area contributed by atoms with Crippen LogP contribution in [0.3, 0.4) is 0 Å². The van der Waals surface area contributed by atoms with E-state index >= 15 is 0 Å². The van der Waals surface area contributed by atoms with Gasteiger partial charge in [0.25, 0.3) is 10.0 Å². The third-order valence-corrected chi connectivity index (χ3v) is 4.51. The van der Waals surface area contributed by atoms with Gasteiger partial charge >= 0.3 is 0 Å². The van der Waals surface area contributed by atoms with Crippen molar-refractivity contribution in [1.82, 2.24) is 0 Å². The van der Waals surface area contributed by atoms with Crippen molar-refractivity contribution in [2.24, 2.45) is 0 Å². The molecule has 18 heavy (non-hydrogen) atoms. The van der Waals surface area contributed by atoms with Gasteiger partial charge in [0.15, 0.2) is 0 Å². The highest BCUT2D eigenvalue weighted by Crippen LogP contribution is 2.17. The first-order chi connectivity index (χ1) is 8.47. The second-order valence-electron chi connectivity index (χ2n) is 3.93. The maximum Gasteiger partial charge on any atom is 0.261 e. The van der Waals surface area contributed by atoms with Crippen molar-refractivity contribution in [2.75, 3.05) is 4.72 Å². The van der Waals surface area contributed by atoms with Crippen LogP contribution in [0.15, 0.2) is 53.4 Å². The number of hydrogen-bond donors (Lipinski definition) is 1. The summed E-state index contributed by atoms with van der Waals surface area (Å²) in [5.74, 6) is 0. The molecule has 0 atom stereocenters. The molecule has 0 saturated heterocycles. The fraction of sp³-hybridized carbons (Fsp3) is 0.0769. The summed E-state index contributed by atoms with van der Waals surface area (Å²) < 4.78 is 27.8. The van der Waals surface area contributed by atoms with Crippen molar-refractivity contribution in [1.29, 1.82) is 0 Å². The SMILES string of the molecule is Cc1cccc(NS(=O)(=O)c2ccc(I)cc2)c1. The molecule has 0 aromatic heterocycles. The minimum Gasteiger partial charge on any atom is -0.280 e. The minimum atomic E-state index is -3.50. The van der Waals surface area contributed by atoms with Crippen LogP contribution in [0.1, 0.15) is 5.56 Å². The van der Waals surface area contributed by atoms with Gasteiger partial charge in [-0.05, 0) is 71.5 Å². The lowest BCUT2D eigenvalue weighted by Gasteiger charge is -2.08. The summed E-state index contributed by atoms with van der Waals surface area (Å²) in [5.41, 5.74) is 1.59. The summed E-state index contributed by atoms with van der Waals surface area (Å²) >= 11 is 2.14.